The van der Waals surface area contributed by atoms with Gasteiger partial charge < -0.3 is 14.3 Å². The highest BCUT2D eigenvalue weighted by atomic mass is 16.3. The van der Waals surface area contributed by atoms with Gasteiger partial charge in [-0.25, -0.2) is 0 Å². The van der Waals surface area contributed by atoms with E-state index in [9.17, 15) is 0 Å². The fourth-order valence-electron chi connectivity index (χ4n) is 8.97. The van der Waals surface area contributed by atoms with Crippen LogP contribution in [0.4, 0.5) is 11.4 Å². The summed E-state index contributed by atoms with van der Waals surface area (Å²) in [5.41, 5.74) is 15.9. The third-order valence-electron chi connectivity index (χ3n) is 11.2. The molecule has 2 aliphatic rings. The minimum atomic E-state index is -0.144. The summed E-state index contributed by atoms with van der Waals surface area (Å²) in [6, 6.07) is 50.8. The fraction of sp³-hybridized carbons (Fsp3) is 0.0667. The standard InChI is InChI=1S/C45H31BN2O/c1-45(2)32-19-9-10-21-35(32)47-43-31(18-12-20-33(43)45)40-28-15-6-7-16-29(28)41-30-17-8-11-22-36(30)48-37-25-39-27(23-34(37)46-42(40)44(41)48)24-38(49-39)26-13-4-3-5-14-26/h3-25,46-47H,1-2H3. The maximum absolute atomic E-state index is 6.54. The van der Waals surface area contributed by atoms with E-state index in [0.29, 0.717) is 0 Å². The van der Waals surface area contributed by atoms with Gasteiger partial charge in [0.15, 0.2) is 7.28 Å². The molecule has 2 aliphatic heterocycles. The summed E-state index contributed by atoms with van der Waals surface area (Å²) in [4.78, 5) is 0. The maximum atomic E-state index is 6.54. The van der Waals surface area contributed by atoms with Crippen molar-refractivity contribution in [1.29, 1.82) is 0 Å². The Morgan fingerprint density at radius 2 is 1.41 bits per heavy atom. The van der Waals surface area contributed by atoms with Gasteiger partial charge in [-0.15, -0.1) is 0 Å². The first-order chi connectivity index (χ1) is 24.1. The van der Waals surface area contributed by atoms with Crippen LogP contribution in [-0.4, -0.2) is 11.8 Å². The Morgan fingerprint density at radius 3 is 2.29 bits per heavy atom. The van der Waals surface area contributed by atoms with E-state index in [1.165, 1.54) is 82.8 Å². The van der Waals surface area contributed by atoms with Crippen LogP contribution in [0.2, 0.25) is 0 Å². The highest BCUT2D eigenvalue weighted by Gasteiger charge is 2.35. The van der Waals surface area contributed by atoms with Gasteiger partial charge in [0, 0.05) is 55.7 Å². The van der Waals surface area contributed by atoms with E-state index < -0.39 is 0 Å². The smallest absolute Gasteiger partial charge is 0.198 e. The lowest BCUT2D eigenvalue weighted by Gasteiger charge is -2.37. The Hall–Kier alpha value is -6.00. The zero-order valence-corrected chi connectivity index (χ0v) is 27.3. The topological polar surface area (TPSA) is 30.1 Å². The quantitative estimate of drug-likeness (QED) is 0.194. The number of hydrogen-bond donors (Lipinski definition) is 1. The minimum Gasteiger partial charge on any atom is -0.456 e. The number of hydrogen-bond acceptors (Lipinski definition) is 2. The van der Waals surface area contributed by atoms with Crippen LogP contribution in [0.25, 0.3) is 71.7 Å². The fourth-order valence-corrected chi connectivity index (χ4v) is 8.97. The molecule has 0 amide bonds. The van der Waals surface area contributed by atoms with E-state index in [4.69, 9.17) is 4.42 Å². The van der Waals surface area contributed by atoms with E-state index in [2.05, 4.69) is 157 Å². The Kier molecular flexibility index (Phi) is 5.26. The molecule has 230 valence electrons. The van der Waals surface area contributed by atoms with Crippen molar-refractivity contribution in [3.63, 3.8) is 0 Å². The molecule has 11 rings (SSSR count). The zero-order chi connectivity index (χ0) is 32.4. The maximum Gasteiger partial charge on any atom is 0.198 e. The molecule has 4 heterocycles. The summed E-state index contributed by atoms with van der Waals surface area (Å²) in [7, 11) is 0.827. The van der Waals surface area contributed by atoms with E-state index in [-0.39, 0.29) is 5.41 Å². The number of rotatable bonds is 2. The van der Waals surface area contributed by atoms with Crippen molar-refractivity contribution < 1.29 is 4.42 Å². The lowest BCUT2D eigenvalue weighted by atomic mass is 9.58. The molecule has 0 radical (unpaired) electrons. The van der Waals surface area contributed by atoms with Crippen molar-refractivity contribution in [3.8, 4) is 28.1 Å². The number of furan rings is 1. The first-order valence-electron chi connectivity index (χ1n) is 17.2. The van der Waals surface area contributed by atoms with Crippen molar-refractivity contribution in [2.75, 3.05) is 5.32 Å². The molecule has 0 spiro atoms. The van der Waals surface area contributed by atoms with Crippen LogP contribution in [0.5, 0.6) is 0 Å². The van der Waals surface area contributed by atoms with E-state index in [0.717, 1.165) is 29.6 Å². The molecule has 0 unspecified atom stereocenters. The summed E-state index contributed by atoms with van der Waals surface area (Å²) in [6.45, 7) is 4.71. The van der Waals surface area contributed by atoms with Gasteiger partial charge in [-0.3, -0.25) is 0 Å². The van der Waals surface area contributed by atoms with E-state index >= 15 is 0 Å². The van der Waals surface area contributed by atoms with Crippen LogP contribution < -0.4 is 16.2 Å². The predicted molar refractivity (Wildman–Crippen MR) is 207 cm³/mol. The van der Waals surface area contributed by atoms with Crippen LogP contribution in [0.3, 0.4) is 0 Å². The van der Waals surface area contributed by atoms with Crippen LogP contribution in [0.15, 0.2) is 144 Å². The Labute approximate surface area is 284 Å². The molecule has 0 fully saturated rings. The Morgan fingerprint density at radius 1 is 0.673 bits per heavy atom. The largest absolute Gasteiger partial charge is 0.456 e. The molecule has 0 saturated heterocycles. The van der Waals surface area contributed by atoms with E-state index in [1.807, 2.05) is 6.07 Å². The Bertz CT molecular complexity index is 2860. The number of fused-ring (bicyclic) bond motifs is 10. The number of anilines is 2. The van der Waals surface area contributed by atoms with Gasteiger partial charge in [-0.1, -0.05) is 135 Å². The average Bonchev–Trinajstić information content (AvgIpc) is 3.71. The number of nitrogens with zero attached hydrogens (tertiary/aromatic N) is 1. The molecule has 1 N–H and O–H groups in total. The van der Waals surface area contributed by atoms with Crippen molar-refractivity contribution >= 4 is 73.1 Å². The third-order valence-corrected chi connectivity index (χ3v) is 11.2. The van der Waals surface area contributed by atoms with Gasteiger partial charge >= 0.3 is 0 Å². The normalized spacial score (nSPS) is 14.0. The molecule has 0 saturated carbocycles. The molecule has 0 atom stereocenters. The van der Waals surface area contributed by atoms with Gasteiger partial charge in [-0.2, -0.15) is 0 Å². The number of benzene rings is 7. The molecule has 2 aromatic heterocycles. The number of nitrogens with one attached hydrogen (secondary N) is 1. The van der Waals surface area contributed by atoms with Gasteiger partial charge in [0.25, 0.3) is 0 Å². The minimum absolute atomic E-state index is 0.144. The second-order valence-electron chi connectivity index (χ2n) is 14.2. The lowest BCUT2D eigenvalue weighted by molar-refractivity contribution is 0.631. The van der Waals surface area contributed by atoms with Crippen molar-refractivity contribution in [1.82, 2.24) is 4.57 Å². The van der Waals surface area contributed by atoms with Gasteiger partial charge in [0.05, 0.1) is 11.2 Å². The van der Waals surface area contributed by atoms with Crippen LogP contribution in [0, 0.1) is 0 Å². The molecule has 0 bridgehead atoms. The van der Waals surface area contributed by atoms with Gasteiger partial charge in [0.1, 0.15) is 11.3 Å². The predicted octanol–water partition coefficient (Wildman–Crippen LogP) is 10.1. The summed E-state index contributed by atoms with van der Waals surface area (Å²) in [5, 5.41) is 10.2. The molecular formula is C45H31BN2O. The summed E-state index contributed by atoms with van der Waals surface area (Å²) in [6.07, 6.45) is 0. The molecule has 4 heteroatoms. The second kappa shape index (κ2) is 9.55. The highest BCUT2D eigenvalue weighted by molar-refractivity contribution is 6.74. The zero-order valence-electron chi connectivity index (χ0n) is 27.3. The first-order valence-corrected chi connectivity index (χ1v) is 17.2. The van der Waals surface area contributed by atoms with Crippen molar-refractivity contribution in [2.45, 2.75) is 19.3 Å². The molecule has 0 aliphatic carbocycles. The Balaban J connectivity index is 1.25. The molecule has 49 heavy (non-hydrogen) atoms. The molecular weight excluding hydrogens is 595 g/mol. The number of para-hydroxylation sites is 3. The first kappa shape index (κ1) is 27.0. The van der Waals surface area contributed by atoms with Crippen LogP contribution in [-0.2, 0) is 5.41 Å². The third kappa shape index (κ3) is 3.58. The molecule has 7 aromatic carbocycles. The van der Waals surface area contributed by atoms with Crippen LogP contribution >= 0.6 is 0 Å². The highest BCUT2D eigenvalue weighted by Crippen LogP contribution is 2.50. The van der Waals surface area contributed by atoms with Crippen molar-refractivity contribution in [3.05, 3.63) is 151 Å². The SMILES string of the molecule is CC1(C)c2ccccc2Nc2c(-c3c4c5c(c6ccccc36)c3ccccc3n5-c3cc5oc(-c6ccccc6)cc5cc3B4)cccc21. The molecule has 3 nitrogen and oxygen atoms in total. The van der Waals surface area contributed by atoms with Gasteiger partial charge in [0.2, 0.25) is 0 Å². The summed E-state index contributed by atoms with van der Waals surface area (Å²) < 4.78 is 9.06. The van der Waals surface area contributed by atoms with E-state index in [1.54, 1.807) is 0 Å². The summed E-state index contributed by atoms with van der Waals surface area (Å²) >= 11 is 0. The van der Waals surface area contributed by atoms with Crippen molar-refractivity contribution in [2.24, 2.45) is 0 Å². The summed E-state index contributed by atoms with van der Waals surface area (Å²) in [5.74, 6) is 0.897. The average molecular weight is 627 g/mol. The second-order valence-corrected chi connectivity index (χ2v) is 14.2. The van der Waals surface area contributed by atoms with Gasteiger partial charge in [-0.05, 0) is 51.1 Å². The van der Waals surface area contributed by atoms with Crippen LogP contribution in [0.1, 0.15) is 25.0 Å². The number of aromatic nitrogens is 1. The monoisotopic (exact) mass is 626 g/mol. The lowest BCUT2D eigenvalue weighted by Crippen LogP contribution is -2.37. The molecule has 9 aromatic rings.